The molecule has 10 heteroatoms. The van der Waals surface area contributed by atoms with Crippen LogP contribution in [0.3, 0.4) is 0 Å². The number of benzene rings is 2. The minimum Gasteiger partial charge on any atom is -0.490 e. The molecule has 0 saturated heterocycles. The molecule has 0 amide bonds. The lowest BCUT2D eigenvalue weighted by atomic mass is 10.1. The number of hydrogen-bond donors (Lipinski definition) is 1. The predicted octanol–water partition coefficient (Wildman–Crippen LogP) is 7.56. The minimum absolute atomic E-state index is 0.173. The predicted molar refractivity (Wildman–Crippen MR) is 133 cm³/mol. The third-order valence-electron chi connectivity index (χ3n) is 4.67. The van der Waals surface area contributed by atoms with Crippen molar-refractivity contribution >= 4 is 35.2 Å². The summed E-state index contributed by atoms with van der Waals surface area (Å²) in [6, 6.07) is 11.0. The fraction of sp³-hybridized carbons (Fsp3) is 0.200. The summed E-state index contributed by atoms with van der Waals surface area (Å²) < 4.78 is 49.9. The number of nitrogens with zero attached hydrogens (tertiary/aromatic N) is 2. The molecule has 0 aliphatic rings. The molecule has 5 nitrogen and oxygen atoms in total. The summed E-state index contributed by atoms with van der Waals surface area (Å²) in [5.74, 6) is 1.25. The molecule has 0 bridgehead atoms. The molecule has 1 aromatic heterocycles. The Balaban J connectivity index is 1.80. The number of alkyl halides is 3. The number of anilines is 1. The maximum atomic E-state index is 12.7. The third-order valence-corrected chi connectivity index (χ3v) is 5.41. The van der Waals surface area contributed by atoms with Crippen molar-refractivity contribution in [2.24, 2.45) is 5.10 Å². The Hall–Kier alpha value is -3.23. The number of rotatable bonds is 10. The van der Waals surface area contributed by atoms with Gasteiger partial charge in [-0.25, -0.2) is 4.98 Å². The Bertz CT molecular complexity index is 1200. The van der Waals surface area contributed by atoms with Crippen molar-refractivity contribution in [2.45, 2.75) is 26.1 Å². The van der Waals surface area contributed by atoms with Gasteiger partial charge in [-0.05, 0) is 60.9 Å². The SMILES string of the molecule is C=CCc1cc(/C=N\Nc2ccc(C(F)(F)F)cn2)cc(OCC)c1OCc1ccc(Cl)c(Cl)c1. The van der Waals surface area contributed by atoms with E-state index in [0.29, 0.717) is 40.1 Å². The summed E-state index contributed by atoms with van der Waals surface area (Å²) in [6.07, 6.45) is 0.0504. The van der Waals surface area contributed by atoms with Crippen LogP contribution in [0.4, 0.5) is 19.0 Å². The van der Waals surface area contributed by atoms with Crippen LogP contribution >= 0.6 is 23.2 Å². The molecule has 184 valence electrons. The molecule has 2 aromatic carbocycles. The van der Waals surface area contributed by atoms with Crippen molar-refractivity contribution in [1.29, 1.82) is 0 Å². The Morgan fingerprint density at radius 2 is 1.89 bits per heavy atom. The van der Waals surface area contributed by atoms with Gasteiger partial charge in [-0.15, -0.1) is 6.58 Å². The summed E-state index contributed by atoms with van der Waals surface area (Å²) in [6.45, 7) is 6.31. The molecule has 0 radical (unpaired) electrons. The quantitative estimate of drug-likeness (QED) is 0.169. The van der Waals surface area contributed by atoms with Crippen LogP contribution in [0.1, 0.15) is 29.2 Å². The Kier molecular flexibility index (Phi) is 9.01. The van der Waals surface area contributed by atoms with E-state index < -0.39 is 11.7 Å². The fourth-order valence-corrected chi connectivity index (χ4v) is 3.40. The highest BCUT2D eigenvalue weighted by Gasteiger charge is 2.30. The molecule has 1 N–H and O–H groups in total. The molecule has 0 spiro atoms. The molecule has 35 heavy (non-hydrogen) atoms. The zero-order chi connectivity index (χ0) is 25.4. The fourth-order valence-electron chi connectivity index (χ4n) is 3.08. The number of nitrogens with one attached hydrogen (secondary N) is 1. The second kappa shape index (κ2) is 12.0. The highest BCUT2D eigenvalue weighted by Crippen LogP contribution is 2.35. The number of aromatic nitrogens is 1. The van der Waals surface area contributed by atoms with Crippen molar-refractivity contribution in [3.63, 3.8) is 0 Å². The molecule has 0 aliphatic heterocycles. The van der Waals surface area contributed by atoms with E-state index in [1.54, 1.807) is 24.3 Å². The molecule has 3 aromatic rings. The lowest BCUT2D eigenvalue weighted by molar-refractivity contribution is -0.137. The van der Waals surface area contributed by atoms with E-state index >= 15 is 0 Å². The van der Waals surface area contributed by atoms with Crippen LogP contribution in [-0.4, -0.2) is 17.8 Å². The number of halogens is 5. The first-order valence-corrected chi connectivity index (χ1v) is 11.3. The number of ether oxygens (including phenoxy) is 2. The van der Waals surface area contributed by atoms with Gasteiger partial charge in [0.05, 0.1) is 28.4 Å². The van der Waals surface area contributed by atoms with E-state index in [2.05, 4.69) is 22.1 Å². The molecule has 0 atom stereocenters. The van der Waals surface area contributed by atoms with Gasteiger partial charge in [0.2, 0.25) is 0 Å². The van der Waals surface area contributed by atoms with E-state index in [9.17, 15) is 13.2 Å². The Morgan fingerprint density at radius 3 is 2.51 bits per heavy atom. The molecular weight excluding hydrogens is 502 g/mol. The van der Waals surface area contributed by atoms with Gasteiger partial charge in [-0.3, -0.25) is 5.43 Å². The maximum absolute atomic E-state index is 12.7. The summed E-state index contributed by atoms with van der Waals surface area (Å²) in [7, 11) is 0. The van der Waals surface area contributed by atoms with E-state index in [4.69, 9.17) is 32.7 Å². The van der Waals surface area contributed by atoms with Gasteiger partial charge in [-0.1, -0.05) is 35.3 Å². The van der Waals surface area contributed by atoms with Crippen LogP contribution in [0.5, 0.6) is 11.5 Å². The highest BCUT2D eigenvalue weighted by atomic mass is 35.5. The van der Waals surface area contributed by atoms with Crippen LogP contribution in [0, 0.1) is 0 Å². The van der Waals surface area contributed by atoms with Gasteiger partial charge < -0.3 is 9.47 Å². The number of hydrazone groups is 1. The van der Waals surface area contributed by atoms with Crippen LogP contribution in [-0.2, 0) is 19.2 Å². The zero-order valence-electron chi connectivity index (χ0n) is 18.7. The monoisotopic (exact) mass is 523 g/mol. The topological polar surface area (TPSA) is 55.7 Å². The average molecular weight is 524 g/mol. The molecular formula is C25H22Cl2F3N3O2. The highest BCUT2D eigenvalue weighted by molar-refractivity contribution is 6.42. The number of allylic oxidation sites excluding steroid dienone is 1. The van der Waals surface area contributed by atoms with Gasteiger partial charge in [0, 0.05) is 11.8 Å². The maximum Gasteiger partial charge on any atom is 0.417 e. The van der Waals surface area contributed by atoms with E-state index in [-0.39, 0.29) is 12.4 Å². The normalized spacial score (nSPS) is 11.5. The standard InChI is InChI=1S/C25H22Cl2F3N3O2/c1-3-5-18-10-17(13-32-33-23-9-7-19(14-31-23)25(28,29)30)12-22(34-4-2)24(18)35-15-16-6-8-20(26)21(27)11-16/h3,6-14H,1,4-5,15H2,2H3,(H,31,33)/b32-13-. The third kappa shape index (κ3) is 7.37. The molecule has 0 unspecified atom stereocenters. The largest absolute Gasteiger partial charge is 0.490 e. The van der Waals surface area contributed by atoms with Crippen LogP contribution in [0.2, 0.25) is 10.0 Å². The van der Waals surface area contributed by atoms with Gasteiger partial charge >= 0.3 is 6.18 Å². The second-order valence-electron chi connectivity index (χ2n) is 7.27. The number of hydrogen-bond acceptors (Lipinski definition) is 5. The Labute approximate surface area is 211 Å². The van der Waals surface area contributed by atoms with Gasteiger partial charge in [0.25, 0.3) is 0 Å². The lowest BCUT2D eigenvalue weighted by Gasteiger charge is -2.17. The van der Waals surface area contributed by atoms with Crippen molar-refractivity contribution in [3.8, 4) is 11.5 Å². The summed E-state index contributed by atoms with van der Waals surface area (Å²) in [5.41, 5.74) is 4.13. The molecule has 3 rings (SSSR count). The first-order chi connectivity index (χ1) is 16.7. The van der Waals surface area contributed by atoms with Crippen LogP contribution < -0.4 is 14.9 Å². The minimum atomic E-state index is -4.45. The van der Waals surface area contributed by atoms with E-state index in [1.807, 2.05) is 19.1 Å². The molecule has 0 saturated carbocycles. The average Bonchev–Trinajstić information content (AvgIpc) is 2.81. The first-order valence-electron chi connectivity index (χ1n) is 10.5. The second-order valence-corrected chi connectivity index (χ2v) is 8.08. The van der Waals surface area contributed by atoms with Gasteiger partial charge in [-0.2, -0.15) is 18.3 Å². The summed E-state index contributed by atoms with van der Waals surface area (Å²) in [4.78, 5) is 3.73. The zero-order valence-corrected chi connectivity index (χ0v) is 20.2. The summed E-state index contributed by atoms with van der Waals surface area (Å²) >= 11 is 12.1. The van der Waals surface area contributed by atoms with Crippen molar-refractivity contribution in [3.05, 3.63) is 93.6 Å². The number of pyridine rings is 1. The molecule has 0 aliphatic carbocycles. The van der Waals surface area contributed by atoms with E-state index in [0.717, 1.165) is 23.4 Å². The first kappa shape index (κ1) is 26.4. The molecule has 0 fully saturated rings. The van der Waals surface area contributed by atoms with Crippen molar-refractivity contribution in [1.82, 2.24) is 4.98 Å². The lowest BCUT2D eigenvalue weighted by Crippen LogP contribution is -2.06. The van der Waals surface area contributed by atoms with Gasteiger partial charge in [0.1, 0.15) is 12.4 Å². The van der Waals surface area contributed by atoms with Crippen molar-refractivity contribution < 1.29 is 22.6 Å². The van der Waals surface area contributed by atoms with Crippen LogP contribution in [0.25, 0.3) is 0 Å². The smallest absolute Gasteiger partial charge is 0.417 e. The molecule has 1 heterocycles. The van der Waals surface area contributed by atoms with Crippen LogP contribution in [0.15, 0.2) is 66.4 Å². The summed E-state index contributed by atoms with van der Waals surface area (Å²) in [5, 5.41) is 4.97. The van der Waals surface area contributed by atoms with Crippen molar-refractivity contribution in [2.75, 3.05) is 12.0 Å². The van der Waals surface area contributed by atoms with Gasteiger partial charge in [0.15, 0.2) is 11.5 Å². The Morgan fingerprint density at radius 1 is 1.09 bits per heavy atom. The van der Waals surface area contributed by atoms with E-state index in [1.165, 1.54) is 12.3 Å².